The van der Waals surface area contributed by atoms with Gasteiger partial charge in [0, 0.05) is 47.5 Å². The van der Waals surface area contributed by atoms with Crippen LogP contribution in [0.3, 0.4) is 0 Å². The molecule has 0 aliphatic carbocycles. The van der Waals surface area contributed by atoms with E-state index in [0.717, 1.165) is 33.8 Å². The van der Waals surface area contributed by atoms with Gasteiger partial charge in [-0.25, -0.2) is 9.97 Å². The molecule has 9 aromatic rings. The molecule has 0 aliphatic heterocycles. The first-order valence-corrected chi connectivity index (χ1v) is 14.9. The smallest absolute Gasteiger partial charge is 0.159 e. The summed E-state index contributed by atoms with van der Waals surface area (Å²) < 4.78 is 5.02. The zero-order valence-corrected chi connectivity index (χ0v) is 23.3. The number of fused-ring (bicyclic) bond motifs is 10. The summed E-state index contributed by atoms with van der Waals surface area (Å²) in [7, 11) is 0. The highest BCUT2D eigenvalue weighted by Crippen LogP contribution is 2.48. The summed E-state index contributed by atoms with van der Waals surface area (Å²) in [6.07, 6.45) is 2.01. The van der Waals surface area contributed by atoms with Gasteiger partial charge in [-0.2, -0.15) is 0 Å². The van der Waals surface area contributed by atoms with E-state index >= 15 is 0 Å². The number of para-hydroxylation sites is 1. The van der Waals surface area contributed by atoms with Crippen molar-refractivity contribution in [1.29, 1.82) is 0 Å². The summed E-state index contributed by atoms with van der Waals surface area (Å²) in [6.45, 7) is 0. The van der Waals surface area contributed by atoms with Gasteiger partial charge in [0.1, 0.15) is 0 Å². The summed E-state index contributed by atoms with van der Waals surface area (Å²) >= 11 is 1.88. The lowest BCUT2D eigenvalue weighted by atomic mass is 10.00. The van der Waals surface area contributed by atoms with Crippen molar-refractivity contribution < 1.29 is 0 Å². The second-order valence-corrected chi connectivity index (χ2v) is 11.6. The lowest BCUT2D eigenvalue weighted by molar-refractivity contribution is 1.09. The van der Waals surface area contributed by atoms with Gasteiger partial charge in [0.25, 0.3) is 0 Å². The van der Waals surface area contributed by atoms with Crippen LogP contribution < -0.4 is 0 Å². The van der Waals surface area contributed by atoms with Crippen LogP contribution in [0, 0.1) is 0 Å². The van der Waals surface area contributed by atoms with Crippen molar-refractivity contribution in [2.45, 2.75) is 0 Å². The molecule has 42 heavy (non-hydrogen) atoms. The van der Waals surface area contributed by atoms with E-state index in [2.05, 4.69) is 120 Å². The van der Waals surface area contributed by atoms with E-state index in [-0.39, 0.29) is 0 Å². The SMILES string of the molecule is c1ccc(-c2ncc(-n3c4ccccc4c4c5ccccc5c5sc6ccccc6c5c43)c(-c3ccccc3)n2)cc1. The van der Waals surface area contributed by atoms with Crippen molar-refractivity contribution in [3.8, 4) is 28.3 Å². The van der Waals surface area contributed by atoms with E-state index in [1.807, 2.05) is 35.7 Å². The third-order valence-corrected chi connectivity index (χ3v) is 9.44. The highest BCUT2D eigenvalue weighted by atomic mass is 32.1. The molecule has 0 radical (unpaired) electrons. The van der Waals surface area contributed by atoms with Gasteiger partial charge in [-0.3, -0.25) is 0 Å². The van der Waals surface area contributed by atoms with Crippen LogP contribution in [0.15, 0.2) is 140 Å². The van der Waals surface area contributed by atoms with E-state index in [9.17, 15) is 0 Å². The third kappa shape index (κ3) is 3.33. The molecule has 4 heteroatoms. The van der Waals surface area contributed by atoms with Crippen LogP contribution >= 0.6 is 11.3 Å². The summed E-state index contributed by atoms with van der Waals surface area (Å²) in [5, 5.41) is 7.62. The van der Waals surface area contributed by atoms with Crippen molar-refractivity contribution in [3.05, 3.63) is 140 Å². The third-order valence-electron chi connectivity index (χ3n) is 8.24. The molecule has 6 aromatic carbocycles. The number of hydrogen-bond donors (Lipinski definition) is 0. The predicted octanol–water partition coefficient (Wildman–Crippen LogP) is 10.4. The van der Waals surface area contributed by atoms with Crippen LogP contribution in [-0.2, 0) is 0 Å². The largest absolute Gasteiger partial charge is 0.305 e. The molecule has 0 amide bonds. The van der Waals surface area contributed by atoms with Crippen molar-refractivity contribution in [2.24, 2.45) is 0 Å². The van der Waals surface area contributed by atoms with Crippen LogP contribution in [0.1, 0.15) is 0 Å². The van der Waals surface area contributed by atoms with E-state index < -0.39 is 0 Å². The van der Waals surface area contributed by atoms with Gasteiger partial charge in [0.05, 0.1) is 28.6 Å². The van der Waals surface area contributed by atoms with Gasteiger partial charge in [0.2, 0.25) is 0 Å². The molecule has 0 atom stereocenters. The molecule has 0 spiro atoms. The maximum atomic E-state index is 5.25. The molecule has 0 fully saturated rings. The predicted molar refractivity (Wildman–Crippen MR) is 178 cm³/mol. The van der Waals surface area contributed by atoms with E-state index in [4.69, 9.17) is 9.97 Å². The van der Waals surface area contributed by atoms with E-state index in [1.54, 1.807) is 0 Å². The number of benzene rings is 6. The average molecular weight is 554 g/mol. The fourth-order valence-corrected chi connectivity index (χ4v) is 7.69. The Labute approximate surface area is 246 Å². The Kier molecular flexibility index (Phi) is 5.07. The number of thiophene rings is 1. The first-order chi connectivity index (χ1) is 20.9. The van der Waals surface area contributed by atoms with Gasteiger partial charge in [0.15, 0.2) is 5.82 Å². The molecule has 3 heterocycles. The molecule has 0 bridgehead atoms. The molecular weight excluding hydrogens is 531 g/mol. The van der Waals surface area contributed by atoms with Crippen molar-refractivity contribution in [3.63, 3.8) is 0 Å². The maximum Gasteiger partial charge on any atom is 0.159 e. The summed E-state index contributed by atoms with van der Waals surface area (Å²) in [5.41, 5.74) is 6.29. The van der Waals surface area contributed by atoms with Gasteiger partial charge in [-0.1, -0.05) is 121 Å². The molecule has 9 rings (SSSR count). The Morgan fingerprint density at radius 1 is 0.524 bits per heavy atom. The first kappa shape index (κ1) is 23.4. The molecule has 0 saturated carbocycles. The summed E-state index contributed by atoms with van der Waals surface area (Å²) in [6, 6.07) is 47.1. The highest BCUT2D eigenvalue weighted by molar-refractivity contribution is 7.27. The Bertz CT molecular complexity index is 2460. The molecule has 3 nitrogen and oxygen atoms in total. The standard InChI is InChI=1S/C38H23N3S/c1-3-13-24(14-4-1)35-31(23-39-38(40-35)25-15-5-2-6-16-25)41-30-21-11-9-19-28(30)33-26-17-7-8-18-27(26)37-34(36(33)41)29-20-10-12-22-32(29)42-37/h1-23H. The Morgan fingerprint density at radius 2 is 1.14 bits per heavy atom. The average Bonchev–Trinajstić information content (AvgIpc) is 3.62. The second-order valence-electron chi connectivity index (χ2n) is 10.6. The van der Waals surface area contributed by atoms with Crippen molar-refractivity contribution in [2.75, 3.05) is 0 Å². The number of rotatable bonds is 3. The van der Waals surface area contributed by atoms with Crippen molar-refractivity contribution >= 4 is 64.1 Å². The Hall–Kier alpha value is -5.32. The number of hydrogen-bond acceptors (Lipinski definition) is 3. The van der Waals surface area contributed by atoms with Gasteiger partial charge in [-0.15, -0.1) is 11.3 Å². The monoisotopic (exact) mass is 553 g/mol. The molecular formula is C38H23N3S. The summed E-state index contributed by atoms with van der Waals surface area (Å²) in [5.74, 6) is 0.718. The molecule has 0 aliphatic rings. The van der Waals surface area contributed by atoms with Gasteiger partial charge >= 0.3 is 0 Å². The Balaban J connectivity index is 1.52. The molecule has 3 aromatic heterocycles. The van der Waals surface area contributed by atoms with Crippen LogP contribution in [0.5, 0.6) is 0 Å². The molecule has 0 unspecified atom stereocenters. The van der Waals surface area contributed by atoms with Crippen LogP contribution in [0.2, 0.25) is 0 Å². The van der Waals surface area contributed by atoms with Crippen LogP contribution in [0.25, 0.3) is 81.1 Å². The van der Waals surface area contributed by atoms with Gasteiger partial charge < -0.3 is 4.57 Å². The van der Waals surface area contributed by atoms with E-state index in [1.165, 1.54) is 47.2 Å². The van der Waals surface area contributed by atoms with Crippen molar-refractivity contribution in [1.82, 2.24) is 14.5 Å². The normalized spacial score (nSPS) is 11.8. The number of nitrogens with zero attached hydrogens (tertiary/aromatic N) is 3. The fourth-order valence-electron chi connectivity index (χ4n) is 6.44. The minimum atomic E-state index is 0.718. The molecule has 0 saturated heterocycles. The lowest BCUT2D eigenvalue weighted by Gasteiger charge is -2.15. The molecule has 196 valence electrons. The quantitative estimate of drug-likeness (QED) is 0.218. The second kappa shape index (κ2) is 9.10. The van der Waals surface area contributed by atoms with Crippen LogP contribution in [-0.4, -0.2) is 14.5 Å². The maximum absolute atomic E-state index is 5.25. The summed E-state index contributed by atoms with van der Waals surface area (Å²) in [4.78, 5) is 10.2. The lowest BCUT2D eigenvalue weighted by Crippen LogP contribution is -2.03. The minimum absolute atomic E-state index is 0.718. The fraction of sp³-hybridized carbons (Fsp3) is 0. The van der Waals surface area contributed by atoms with E-state index in [0.29, 0.717) is 0 Å². The van der Waals surface area contributed by atoms with Gasteiger partial charge in [-0.05, 0) is 17.5 Å². The first-order valence-electron chi connectivity index (χ1n) is 14.1. The zero-order chi connectivity index (χ0) is 27.6. The number of aromatic nitrogens is 3. The topological polar surface area (TPSA) is 30.7 Å². The zero-order valence-electron chi connectivity index (χ0n) is 22.5. The highest BCUT2D eigenvalue weighted by Gasteiger charge is 2.24. The minimum Gasteiger partial charge on any atom is -0.305 e. The molecule has 0 N–H and O–H groups in total. The van der Waals surface area contributed by atoms with Crippen LogP contribution in [0.4, 0.5) is 0 Å². The Morgan fingerprint density at radius 3 is 1.93 bits per heavy atom.